The number of carbonyl (C=O) groups excluding carboxylic acids is 1. The van der Waals surface area contributed by atoms with Crippen molar-refractivity contribution in [3.05, 3.63) is 47.5 Å². The van der Waals surface area contributed by atoms with E-state index in [-0.39, 0.29) is 5.97 Å². The maximum atomic E-state index is 11.1. The van der Waals surface area contributed by atoms with Gasteiger partial charge in [0.2, 0.25) is 0 Å². The Balaban J connectivity index is 2.48. The predicted octanol–water partition coefficient (Wildman–Crippen LogP) is 4.89. The zero-order valence-corrected chi connectivity index (χ0v) is 16.9. The Hall–Kier alpha value is -1.59. The number of ether oxygens (including phenoxy) is 1. The number of hydrogen-bond donors (Lipinski definition) is 0. The molecule has 5 heteroatoms. The molecule has 0 bridgehead atoms. The predicted molar refractivity (Wildman–Crippen MR) is 108 cm³/mol. The molecule has 128 valence electrons. The van der Waals surface area contributed by atoms with Gasteiger partial charge in [-0.05, 0) is 22.6 Å². The van der Waals surface area contributed by atoms with Crippen LogP contribution in [-0.2, 0) is 16.1 Å². The second-order valence-electron chi connectivity index (χ2n) is 6.98. The van der Waals surface area contributed by atoms with E-state index in [1.807, 2.05) is 18.2 Å². The molecule has 0 aliphatic heterocycles. The van der Waals surface area contributed by atoms with Gasteiger partial charge in [0.1, 0.15) is 6.61 Å². The number of rotatable bonds is 5. The Morgan fingerprint density at radius 1 is 1.12 bits per heavy atom. The molecule has 0 unspecified atom stereocenters. The highest BCUT2D eigenvalue weighted by Gasteiger charge is 2.15. The summed E-state index contributed by atoms with van der Waals surface area (Å²) < 4.78 is 5.19. The van der Waals surface area contributed by atoms with Crippen LogP contribution in [0.2, 0.25) is 19.6 Å². The summed E-state index contributed by atoms with van der Waals surface area (Å²) in [5.74, 6) is -0.260. The van der Waals surface area contributed by atoms with Crippen molar-refractivity contribution >= 4 is 41.6 Å². The van der Waals surface area contributed by atoms with Crippen LogP contribution in [-0.4, -0.2) is 31.5 Å². The van der Waals surface area contributed by atoms with Crippen LogP contribution < -0.4 is 0 Å². The number of carbonyl (C=O) groups is 1. The summed E-state index contributed by atoms with van der Waals surface area (Å²) in [5, 5.41) is 3.35. The molecule has 24 heavy (non-hydrogen) atoms. The number of thioether (sulfide) groups is 1. The molecule has 0 N–H and O–H groups in total. The van der Waals surface area contributed by atoms with Gasteiger partial charge in [0, 0.05) is 18.7 Å². The number of aliphatic imine (C=N–C) groups is 1. The molecule has 0 aromatic heterocycles. The van der Waals surface area contributed by atoms with Gasteiger partial charge in [-0.2, -0.15) is 0 Å². The largest absolute Gasteiger partial charge is 0.461 e. The summed E-state index contributed by atoms with van der Waals surface area (Å²) in [7, 11) is -1.23. The number of benzene rings is 2. The third kappa shape index (κ3) is 4.95. The van der Waals surface area contributed by atoms with Crippen LogP contribution in [0.4, 0.5) is 0 Å². The van der Waals surface area contributed by atoms with Crippen molar-refractivity contribution in [1.82, 2.24) is 0 Å². The van der Waals surface area contributed by atoms with E-state index in [4.69, 9.17) is 9.73 Å². The Morgan fingerprint density at radius 3 is 2.38 bits per heavy atom. The second-order valence-corrected chi connectivity index (χ2v) is 13.2. The minimum atomic E-state index is -1.23. The fourth-order valence-electron chi connectivity index (χ4n) is 2.42. The lowest BCUT2D eigenvalue weighted by molar-refractivity contribution is -0.142. The molecule has 0 saturated carbocycles. The zero-order chi connectivity index (χ0) is 17.7. The molecule has 0 aliphatic rings. The molecule has 0 heterocycles. The van der Waals surface area contributed by atoms with Crippen LogP contribution in [0.15, 0.2) is 41.4 Å². The van der Waals surface area contributed by atoms with E-state index in [0.29, 0.717) is 6.61 Å². The van der Waals surface area contributed by atoms with E-state index in [1.54, 1.807) is 11.8 Å². The molecule has 0 atom stereocenters. The van der Waals surface area contributed by atoms with Gasteiger partial charge in [-0.3, -0.25) is 9.79 Å². The Kier molecular flexibility index (Phi) is 6.24. The van der Waals surface area contributed by atoms with E-state index in [0.717, 1.165) is 33.1 Å². The molecule has 2 aromatic carbocycles. The minimum absolute atomic E-state index is 0.260. The van der Waals surface area contributed by atoms with Gasteiger partial charge in [0.25, 0.3) is 0 Å². The molecule has 0 saturated heterocycles. The van der Waals surface area contributed by atoms with Gasteiger partial charge in [-0.1, -0.05) is 56.0 Å². The molecule has 2 aromatic rings. The van der Waals surface area contributed by atoms with Gasteiger partial charge >= 0.3 is 5.97 Å². The smallest absolute Gasteiger partial charge is 0.302 e. The van der Waals surface area contributed by atoms with Crippen LogP contribution in [0.25, 0.3) is 10.8 Å². The first-order valence-electron chi connectivity index (χ1n) is 8.04. The van der Waals surface area contributed by atoms with Crippen LogP contribution in [0, 0.1) is 0 Å². The van der Waals surface area contributed by atoms with E-state index in [9.17, 15) is 4.79 Å². The topological polar surface area (TPSA) is 38.7 Å². The van der Waals surface area contributed by atoms with Gasteiger partial charge < -0.3 is 4.74 Å². The first-order valence-corrected chi connectivity index (χ1v) is 13.0. The van der Waals surface area contributed by atoms with Crippen LogP contribution in [0.3, 0.4) is 0 Å². The highest BCUT2D eigenvalue weighted by atomic mass is 32.2. The van der Waals surface area contributed by atoms with Crippen molar-refractivity contribution in [2.24, 2.45) is 4.99 Å². The summed E-state index contributed by atoms with van der Waals surface area (Å²) in [6, 6.07) is 12.4. The molecule has 0 aliphatic carbocycles. The van der Waals surface area contributed by atoms with Crippen molar-refractivity contribution in [2.75, 3.05) is 12.4 Å². The van der Waals surface area contributed by atoms with Crippen molar-refractivity contribution in [2.45, 2.75) is 33.2 Å². The van der Waals surface area contributed by atoms with Gasteiger partial charge in [-0.15, -0.1) is 11.8 Å². The molecule has 2 rings (SSSR count). The molecule has 0 spiro atoms. The maximum Gasteiger partial charge on any atom is 0.302 e. The summed E-state index contributed by atoms with van der Waals surface area (Å²) in [6.45, 7) is 8.72. The van der Waals surface area contributed by atoms with Crippen molar-refractivity contribution < 1.29 is 9.53 Å². The van der Waals surface area contributed by atoms with Crippen LogP contribution in [0.5, 0.6) is 0 Å². The molecule has 0 amide bonds. The summed E-state index contributed by atoms with van der Waals surface area (Å²) in [5.41, 5.74) is 2.18. The van der Waals surface area contributed by atoms with Crippen molar-refractivity contribution in [3.63, 3.8) is 0 Å². The molecule has 0 fully saturated rings. The van der Waals surface area contributed by atoms with Gasteiger partial charge in [-0.25, -0.2) is 0 Å². The van der Waals surface area contributed by atoms with E-state index >= 15 is 0 Å². The lowest BCUT2D eigenvalue weighted by Gasteiger charge is -2.15. The fraction of sp³-hybridized carbons (Fsp3) is 0.368. The van der Waals surface area contributed by atoms with Crippen molar-refractivity contribution in [3.8, 4) is 0 Å². The van der Waals surface area contributed by atoms with Crippen LogP contribution in [0.1, 0.15) is 18.1 Å². The van der Waals surface area contributed by atoms with E-state index in [2.05, 4.69) is 44.1 Å². The SMILES string of the molecule is CSC(=NC[Si](C)(C)C)c1ccc(COC(C)=O)c2ccccc12. The monoisotopic (exact) mass is 359 g/mol. The van der Waals surface area contributed by atoms with Crippen molar-refractivity contribution in [1.29, 1.82) is 0 Å². The van der Waals surface area contributed by atoms with E-state index < -0.39 is 8.07 Å². The summed E-state index contributed by atoms with van der Waals surface area (Å²) in [4.78, 5) is 16.0. The average Bonchev–Trinajstić information content (AvgIpc) is 2.53. The highest BCUT2D eigenvalue weighted by Crippen LogP contribution is 2.27. The Morgan fingerprint density at radius 2 is 1.79 bits per heavy atom. The number of esters is 1. The Bertz CT molecular complexity index is 766. The lowest BCUT2D eigenvalue weighted by atomic mass is 10.0. The molecular weight excluding hydrogens is 334 g/mol. The number of fused-ring (bicyclic) bond motifs is 1. The average molecular weight is 360 g/mol. The first kappa shape index (κ1) is 18.7. The standard InChI is InChI=1S/C19H25NO2SSi/c1-14(21)22-12-15-10-11-18(17-9-7-6-8-16(15)17)19(23-2)20-13-24(3,4)5/h6-11H,12-13H2,1-5H3. The molecule has 3 nitrogen and oxygen atoms in total. The minimum Gasteiger partial charge on any atom is -0.461 e. The normalized spacial score (nSPS) is 12.5. The van der Waals surface area contributed by atoms with Crippen LogP contribution >= 0.6 is 11.8 Å². The highest BCUT2D eigenvalue weighted by molar-refractivity contribution is 8.13. The fourth-order valence-corrected chi connectivity index (χ4v) is 3.76. The summed E-state index contributed by atoms with van der Waals surface area (Å²) >= 11 is 1.69. The van der Waals surface area contributed by atoms with Gasteiger partial charge in [0.05, 0.1) is 13.1 Å². The number of hydrogen-bond acceptors (Lipinski definition) is 4. The quantitative estimate of drug-likeness (QED) is 0.330. The maximum absolute atomic E-state index is 11.1. The summed E-state index contributed by atoms with van der Waals surface area (Å²) in [6.07, 6.45) is 3.00. The third-order valence-corrected chi connectivity index (χ3v) is 5.41. The second kappa shape index (κ2) is 7.99. The zero-order valence-electron chi connectivity index (χ0n) is 15.1. The third-order valence-electron chi connectivity index (χ3n) is 3.57. The lowest BCUT2D eigenvalue weighted by Crippen LogP contribution is -2.25. The molecular formula is C19H25NO2SSi. The van der Waals surface area contributed by atoms with E-state index in [1.165, 1.54) is 6.92 Å². The first-order chi connectivity index (χ1) is 11.3. The Labute approximate surface area is 149 Å². The number of nitrogens with zero attached hydrogens (tertiary/aromatic N) is 1. The molecule has 0 radical (unpaired) electrons. The van der Waals surface area contributed by atoms with Gasteiger partial charge in [0.15, 0.2) is 0 Å².